The van der Waals surface area contributed by atoms with E-state index in [0.29, 0.717) is 6.61 Å². The number of nitrogens with one attached hydrogen (secondary N) is 1. The molecule has 2 rings (SSSR count). The number of pyridine rings is 1. The summed E-state index contributed by atoms with van der Waals surface area (Å²) in [4.78, 5) is 4.06. The summed E-state index contributed by atoms with van der Waals surface area (Å²) in [7, 11) is 0. The van der Waals surface area contributed by atoms with Gasteiger partial charge in [-0.1, -0.05) is 17.7 Å². The molecule has 0 radical (unpaired) electrons. The second-order valence-corrected chi connectivity index (χ2v) is 4.28. The molecule has 1 aromatic heterocycles. The Hall–Kier alpha value is -1.58. The molecule has 0 aliphatic rings. The molecule has 3 nitrogen and oxygen atoms in total. The van der Waals surface area contributed by atoms with Crippen molar-refractivity contribution in [2.75, 3.05) is 13.2 Å². The minimum atomic E-state index is 0.627. The highest BCUT2D eigenvalue weighted by Gasteiger charge is 1.94. The zero-order chi connectivity index (χ0) is 12.6. The lowest BCUT2D eigenvalue weighted by atomic mass is 10.3. The van der Waals surface area contributed by atoms with E-state index in [2.05, 4.69) is 10.3 Å². The molecule has 0 aliphatic carbocycles. The first-order valence-corrected chi connectivity index (χ1v) is 6.20. The van der Waals surface area contributed by atoms with E-state index >= 15 is 0 Å². The van der Waals surface area contributed by atoms with Crippen molar-refractivity contribution in [2.45, 2.75) is 6.54 Å². The van der Waals surface area contributed by atoms with Crippen molar-refractivity contribution in [2.24, 2.45) is 0 Å². The largest absolute Gasteiger partial charge is 0.492 e. The Kier molecular flexibility index (Phi) is 5.00. The second kappa shape index (κ2) is 6.99. The number of nitrogens with zero attached hydrogens (tertiary/aromatic N) is 1. The van der Waals surface area contributed by atoms with Gasteiger partial charge in [0.2, 0.25) is 0 Å². The number of benzene rings is 1. The van der Waals surface area contributed by atoms with Crippen LogP contribution in [0, 0.1) is 0 Å². The van der Waals surface area contributed by atoms with Crippen molar-refractivity contribution in [3.63, 3.8) is 0 Å². The fourth-order valence-electron chi connectivity index (χ4n) is 1.51. The molecule has 1 heterocycles. The fourth-order valence-corrected chi connectivity index (χ4v) is 1.63. The van der Waals surface area contributed by atoms with Crippen LogP contribution in [0.2, 0.25) is 5.02 Å². The summed E-state index contributed by atoms with van der Waals surface area (Å²) in [6, 6.07) is 11.3. The summed E-state index contributed by atoms with van der Waals surface area (Å²) < 4.78 is 5.56. The molecule has 0 aliphatic heterocycles. The van der Waals surface area contributed by atoms with Crippen LogP contribution in [0.3, 0.4) is 0 Å². The number of rotatable bonds is 6. The van der Waals surface area contributed by atoms with Crippen LogP contribution >= 0.6 is 11.6 Å². The first-order valence-electron chi connectivity index (χ1n) is 5.82. The van der Waals surface area contributed by atoms with Gasteiger partial charge >= 0.3 is 0 Å². The Morgan fingerprint density at radius 3 is 2.72 bits per heavy atom. The highest BCUT2D eigenvalue weighted by molar-refractivity contribution is 6.30. The molecular weight excluding hydrogens is 248 g/mol. The van der Waals surface area contributed by atoms with E-state index in [9.17, 15) is 0 Å². The van der Waals surface area contributed by atoms with Gasteiger partial charge in [0.25, 0.3) is 0 Å². The first kappa shape index (κ1) is 12.9. The summed E-state index contributed by atoms with van der Waals surface area (Å²) in [5.41, 5.74) is 1.17. The molecule has 2 aromatic rings. The topological polar surface area (TPSA) is 34.1 Å². The van der Waals surface area contributed by atoms with Crippen LogP contribution in [0.15, 0.2) is 48.8 Å². The maximum Gasteiger partial charge on any atom is 0.119 e. The quantitative estimate of drug-likeness (QED) is 0.813. The van der Waals surface area contributed by atoms with E-state index in [0.717, 1.165) is 23.9 Å². The lowest BCUT2D eigenvalue weighted by molar-refractivity contribution is 0.313. The first-order chi connectivity index (χ1) is 8.84. The molecule has 0 spiro atoms. The molecule has 0 atom stereocenters. The van der Waals surface area contributed by atoms with Gasteiger partial charge in [0.15, 0.2) is 0 Å². The van der Waals surface area contributed by atoms with Crippen LogP contribution < -0.4 is 10.1 Å². The standard InChI is InChI=1S/C14H15ClN2O/c15-13-3-5-14(6-4-13)18-9-8-17-11-12-2-1-7-16-10-12/h1-7,10,17H,8-9,11H2. The van der Waals surface area contributed by atoms with Gasteiger partial charge in [-0.15, -0.1) is 0 Å². The number of hydrogen-bond donors (Lipinski definition) is 1. The monoisotopic (exact) mass is 262 g/mol. The molecule has 1 aromatic carbocycles. The Morgan fingerprint density at radius 1 is 1.17 bits per heavy atom. The van der Waals surface area contributed by atoms with Gasteiger partial charge in [0.1, 0.15) is 12.4 Å². The van der Waals surface area contributed by atoms with Crippen LogP contribution in [-0.2, 0) is 6.54 Å². The van der Waals surface area contributed by atoms with Gasteiger partial charge in [-0.3, -0.25) is 4.98 Å². The number of halogens is 1. The predicted octanol–water partition coefficient (Wildman–Crippen LogP) is 2.90. The molecule has 18 heavy (non-hydrogen) atoms. The molecular formula is C14H15ClN2O. The van der Waals surface area contributed by atoms with E-state index in [1.165, 1.54) is 5.56 Å². The normalized spacial score (nSPS) is 10.3. The van der Waals surface area contributed by atoms with Crippen molar-refractivity contribution in [3.05, 3.63) is 59.4 Å². The van der Waals surface area contributed by atoms with Crippen molar-refractivity contribution in [1.29, 1.82) is 0 Å². The second-order valence-electron chi connectivity index (χ2n) is 3.84. The van der Waals surface area contributed by atoms with Gasteiger partial charge in [-0.2, -0.15) is 0 Å². The third-order valence-electron chi connectivity index (χ3n) is 2.41. The number of ether oxygens (including phenoxy) is 1. The minimum Gasteiger partial charge on any atom is -0.492 e. The van der Waals surface area contributed by atoms with Crippen molar-refractivity contribution < 1.29 is 4.74 Å². The molecule has 1 N–H and O–H groups in total. The van der Waals surface area contributed by atoms with E-state index in [1.54, 1.807) is 6.20 Å². The van der Waals surface area contributed by atoms with Gasteiger partial charge < -0.3 is 10.1 Å². The SMILES string of the molecule is Clc1ccc(OCCNCc2cccnc2)cc1. The molecule has 0 saturated carbocycles. The van der Waals surface area contributed by atoms with E-state index in [1.807, 2.05) is 42.6 Å². The summed E-state index contributed by atoms with van der Waals surface area (Å²) >= 11 is 5.79. The smallest absolute Gasteiger partial charge is 0.119 e. The van der Waals surface area contributed by atoms with Gasteiger partial charge in [-0.25, -0.2) is 0 Å². The van der Waals surface area contributed by atoms with Crippen LogP contribution in [0.25, 0.3) is 0 Å². The molecule has 0 fully saturated rings. The molecule has 0 saturated heterocycles. The number of hydrogen-bond acceptors (Lipinski definition) is 3. The average molecular weight is 263 g/mol. The number of aromatic nitrogens is 1. The van der Waals surface area contributed by atoms with Crippen LogP contribution in [0.4, 0.5) is 0 Å². The van der Waals surface area contributed by atoms with Gasteiger partial charge in [-0.05, 0) is 35.9 Å². The van der Waals surface area contributed by atoms with Gasteiger partial charge in [0.05, 0.1) is 0 Å². The lowest BCUT2D eigenvalue weighted by Gasteiger charge is -2.07. The summed E-state index contributed by atoms with van der Waals surface area (Å²) in [5, 5.41) is 4.01. The summed E-state index contributed by atoms with van der Waals surface area (Å²) in [6.07, 6.45) is 3.63. The van der Waals surface area contributed by atoms with Crippen molar-refractivity contribution >= 4 is 11.6 Å². The lowest BCUT2D eigenvalue weighted by Crippen LogP contribution is -2.20. The van der Waals surface area contributed by atoms with Gasteiger partial charge in [0, 0.05) is 30.5 Å². The summed E-state index contributed by atoms with van der Waals surface area (Å²) in [5.74, 6) is 0.836. The molecule has 0 amide bonds. The fraction of sp³-hybridized carbons (Fsp3) is 0.214. The summed E-state index contributed by atoms with van der Waals surface area (Å²) in [6.45, 7) is 2.22. The van der Waals surface area contributed by atoms with E-state index in [-0.39, 0.29) is 0 Å². The maximum atomic E-state index is 5.79. The van der Waals surface area contributed by atoms with Crippen LogP contribution in [-0.4, -0.2) is 18.1 Å². The maximum absolute atomic E-state index is 5.79. The minimum absolute atomic E-state index is 0.627. The third-order valence-corrected chi connectivity index (χ3v) is 2.67. The molecule has 94 valence electrons. The molecule has 4 heteroatoms. The van der Waals surface area contributed by atoms with E-state index in [4.69, 9.17) is 16.3 Å². The Labute approximate surface area is 112 Å². The highest BCUT2D eigenvalue weighted by Crippen LogP contribution is 2.15. The zero-order valence-corrected chi connectivity index (χ0v) is 10.7. The van der Waals surface area contributed by atoms with Crippen LogP contribution in [0.1, 0.15) is 5.56 Å². The molecule has 0 unspecified atom stereocenters. The zero-order valence-electron chi connectivity index (χ0n) is 9.97. The molecule has 0 bridgehead atoms. The average Bonchev–Trinajstić information content (AvgIpc) is 2.42. The van der Waals surface area contributed by atoms with Crippen molar-refractivity contribution in [1.82, 2.24) is 10.3 Å². The highest BCUT2D eigenvalue weighted by atomic mass is 35.5. The van der Waals surface area contributed by atoms with Crippen molar-refractivity contribution in [3.8, 4) is 5.75 Å². The Bertz CT molecular complexity index is 459. The van der Waals surface area contributed by atoms with Crippen LogP contribution in [0.5, 0.6) is 5.75 Å². The Morgan fingerprint density at radius 2 is 2.00 bits per heavy atom. The Balaban J connectivity index is 1.63. The predicted molar refractivity (Wildman–Crippen MR) is 72.9 cm³/mol. The van der Waals surface area contributed by atoms with E-state index < -0.39 is 0 Å². The third kappa shape index (κ3) is 4.35.